The van der Waals surface area contributed by atoms with Crippen LogP contribution in [0.2, 0.25) is 5.02 Å². The Morgan fingerprint density at radius 1 is 1.69 bits per heavy atom. The summed E-state index contributed by atoms with van der Waals surface area (Å²) in [5, 5.41) is 11.9. The molecule has 1 aromatic carbocycles. The van der Waals surface area contributed by atoms with Crippen molar-refractivity contribution in [1.29, 1.82) is 5.26 Å². The first-order valence-electron chi connectivity index (χ1n) is 4.74. The quantitative estimate of drug-likeness (QED) is 0.927. The summed E-state index contributed by atoms with van der Waals surface area (Å²) in [5.74, 6) is -0.925. The molecular weight excluding hydrogens is 291 g/mol. The molecule has 1 atom stereocenters. The first kappa shape index (κ1) is 13.0. The van der Waals surface area contributed by atoms with Crippen LogP contribution >= 0.6 is 27.5 Å². The maximum absolute atomic E-state index is 11.6. The third-order valence-electron chi connectivity index (χ3n) is 2.07. The van der Waals surface area contributed by atoms with Gasteiger partial charge in [-0.25, -0.2) is 0 Å². The lowest BCUT2D eigenvalue weighted by Crippen LogP contribution is -2.20. The molecule has 1 N–H and O–H groups in total. The zero-order valence-corrected chi connectivity index (χ0v) is 11.0. The van der Waals surface area contributed by atoms with Crippen molar-refractivity contribution in [2.75, 3.05) is 5.32 Å². The molecular formula is C11H10BrClN2O. The van der Waals surface area contributed by atoms with Gasteiger partial charge in [0.05, 0.1) is 11.1 Å². The fourth-order valence-corrected chi connectivity index (χ4v) is 1.57. The molecule has 1 unspecified atom stereocenters. The number of carbonyl (C=O) groups is 1. The summed E-state index contributed by atoms with van der Waals surface area (Å²) < 4.78 is 0.763. The predicted octanol–water partition coefficient (Wildman–Crippen LogP) is 3.59. The van der Waals surface area contributed by atoms with E-state index in [-0.39, 0.29) is 5.91 Å². The van der Waals surface area contributed by atoms with Gasteiger partial charge in [0.15, 0.2) is 0 Å². The van der Waals surface area contributed by atoms with E-state index in [1.165, 1.54) is 0 Å². The molecule has 5 heteroatoms. The smallest absolute Gasteiger partial charge is 0.241 e. The Morgan fingerprint density at radius 3 is 2.88 bits per heavy atom. The standard InChI is InChI=1S/C11H10BrClN2O/c1-2-7(6-14)11(16)15-8-3-4-9(12)10(13)5-8/h3-5,7H,2H2,1H3,(H,15,16). The molecule has 1 amide bonds. The molecule has 1 aromatic rings. The summed E-state index contributed by atoms with van der Waals surface area (Å²) in [6, 6.07) is 7.04. The molecule has 0 aliphatic carbocycles. The fraction of sp³-hybridized carbons (Fsp3) is 0.273. The van der Waals surface area contributed by atoms with Gasteiger partial charge >= 0.3 is 0 Å². The molecule has 1 rings (SSSR count). The average Bonchev–Trinajstić information content (AvgIpc) is 2.25. The van der Waals surface area contributed by atoms with Crippen molar-refractivity contribution in [3.8, 4) is 6.07 Å². The monoisotopic (exact) mass is 300 g/mol. The van der Waals surface area contributed by atoms with Crippen LogP contribution in [-0.4, -0.2) is 5.91 Å². The van der Waals surface area contributed by atoms with Gasteiger partial charge in [-0.3, -0.25) is 4.79 Å². The van der Waals surface area contributed by atoms with E-state index in [1.807, 2.05) is 6.07 Å². The number of anilines is 1. The minimum absolute atomic E-state index is 0.302. The first-order valence-corrected chi connectivity index (χ1v) is 5.91. The van der Waals surface area contributed by atoms with Crippen molar-refractivity contribution >= 4 is 39.1 Å². The van der Waals surface area contributed by atoms with Crippen molar-refractivity contribution in [2.24, 2.45) is 5.92 Å². The lowest BCUT2D eigenvalue weighted by atomic mass is 10.1. The molecule has 0 spiro atoms. The van der Waals surface area contributed by atoms with Gasteiger partial charge < -0.3 is 5.32 Å². The summed E-state index contributed by atoms with van der Waals surface area (Å²) in [6.45, 7) is 1.79. The molecule has 0 radical (unpaired) electrons. The highest BCUT2D eigenvalue weighted by atomic mass is 79.9. The number of hydrogen-bond acceptors (Lipinski definition) is 2. The Balaban J connectivity index is 2.78. The molecule has 0 bridgehead atoms. The van der Waals surface area contributed by atoms with E-state index in [0.29, 0.717) is 17.1 Å². The summed E-state index contributed by atoms with van der Waals surface area (Å²) in [4.78, 5) is 11.6. The third kappa shape index (κ3) is 3.22. The number of nitriles is 1. The van der Waals surface area contributed by atoms with Gasteiger partial charge in [-0.05, 0) is 40.5 Å². The number of halogens is 2. The average molecular weight is 302 g/mol. The van der Waals surface area contributed by atoms with E-state index in [0.717, 1.165) is 4.47 Å². The molecule has 0 aliphatic heterocycles. The Bertz CT molecular complexity index is 442. The number of rotatable bonds is 3. The van der Waals surface area contributed by atoms with Crippen LogP contribution in [0.3, 0.4) is 0 Å². The summed E-state index contributed by atoms with van der Waals surface area (Å²) in [7, 11) is 0. The normalized spacial score (nSPS) is 11.6. The van der Waals surface area contributed by atoms with E-state index in [1.54, 1.807) is 25.1 Å². The van der Waals surface area contributed by atoms with Gasteiger partial charge in [0, 0.05) is 10.2 Å². The molecule has 3 nitrogen and oxygen atoms in total. The molecule has 16 heavy (non-hydrogen) atoms. The molecule has 0 aliphatic rings. The first-order chi connectivity index (χ1) is 7.58. The molecule has 0 saturated heterocycles. The van der Waals surface area contributed by atoms with Gasteiger partial charge in [-0.2, -0.15) is 5.26 Å². The van der Waals surface area contributed by atoms with Crippen molar-refractivity contribution in [3.05, 3.63) is 27.7 Å². The van der Waals surface area contributed by atoms with Crippen molar-refractivity contribution < 1.29 is 4.79 Å². The zero-order chi connectivity index (χ0) is 12.1. The van der Waals surface area contributed by atoms with Crippen LogP contribution in [0, 0.1) is 17.2 Å². The Labute approximate surface area is 108 Å². The van der Waals surface area contributed by atoms with Crippen LogP contribution in [0.25, 0.3) is 0 Å². The van der Waals surface area contributed by atoms with Crippen LogP contribution < -0.4 is 5.32 Å². The van der Waals surface area contributed by atoms with Gasteiger partial charge in [-0.15, -0.1) is 0 Å². The van der Waals surface area contributed by atoms with E-state index in [4.69, 9.17) is 16.9 Å². The lowest BCUT2D eigenvalue weighted by Gasteiger charge is -2.08. The largest absolute Gasteiger partial charge is 0.325 e. The Morgan fingerprint density at radius 2 is 2.38 bits per heavy atom. The highest BCUT2D eigenvalue weighted by molar-refractivity contribution is 9.10. The summed E-state index contributed by atoms with van der Waals surface area (Å²) in [5.41, 5.74) is 0.590. The lowest BCUT2D eigenvalue weighted by molar-refractivity contribution is -0.118. The van der Waals surface area contributed by atoms with E-state index < -0.39 is 5.92 Å². The van der Waals surface area contributed by atoms with Crippen LogP contribution in [0.4, 0.5) is 5.69 Å². The van der Waals surface area contributed by atoms with Gasteiger partial charge in [0.2, 0.25) is 5.91 Å². The number of amides is 1. The van der Waals surface area contributed by atoms with Crippen LogP contribution in [0.5, 0.6) is 0 Å². The molecule has 0 heterocycles. The minimum atomic E-state index is -0.623. The highest BCUT2D eigenvalue weighted by Gasteiger charge is 2.15. The molecule has 0 fully saturated rings. The second-order valence-electron chi connectivity index (χ2n) is 3.21. The van der Waals surface area contributed by atoms with E-state index >= 15 is 0 Å². The van der Waals surface area contributed by atoms with E-state index in [9.17, 15) is 4.79 Å². The predicted molar refractivity (Wildman–Crippen MR) is 67.2 cm³/mol. The van der Waals surface area contributed by atoms with E-state index in [2.05, 4.69) is 21.2 Å². The highest BCUT2D eigenvalue weighted by Crippen LogP contribution is 2.25. The van der Waals surface area contributed by atoms with Crippen LogP contribution in [0.1, 0.15) is 13.3 Å². The number of benzene rings is 1. The minimum Gasteiger partial charge on any atom is -0.325 e. The second kappa shape index (κ2) is 5.88. The second-order valence-corrected chi connectivity index (χ2v) is 4.47. The molecule has 84 valence electrons. The Hall–Kier alpha value is -1.05. The summed E-state index contributed by atoms with van der Waals surface area (Å²) >= 11 is 9.14. The van der Waals surface area contributed by atoms with Crippen molar-refractivity contribution in [1.82, 2.24) is 0 Å². The number of hydrogen-bond donors (Lipinski definition) is 1. The maximum atomic E-state index is 11.6. The molecule has 0 saturated carbocycles. The van der Waals surface area contributed by atoms with Gasteiger partial charge in [-0.1, -0.05) is 18.5 Å². The van der Waals surface area contributed by atoms with Gasteiger partial charge in [0.1, 0.15) is 5.92 Å². The van der Waals surface area contributed by atoms with Crippen molar-refractivity contribution in [2.45, 2.75) is 13.3 Å². The third-order valence-corrected chi connectivity index (χ3v) is 3.30. The number of nitrogens with one attached hydrogen (secondary N) is 1. The zero-order valence-electron chi connectivity index (χ0n) is 8.63. The summed E-state index contributed by atoms with van der Waals surface area (Å²) in [6.07, 6.45) is 0.493. The van der Waals surface area contributed by atoms with Crippen LogP contribution in [-0.2, 0) is 4.79 Å². The number of nitrogens with zero attached hydrogens (tertiary/aromatic N) is 1. The number of carbonyl (C=O) groups excluding carboxylic acids is 1. The van der Waals surface area contributed by atoms with Crippen LogP contribution in [0.15, 0.2) is 22.7 Å². The Kier molecular flexibility index (Phi) is 4.78. The van der Waals surface area contributed by atoms with Gasteiger partial charge in [0.25, 0.3) is 0 Å². The topological polar surface area (TPSA) is 52.9 Å². The SMILES string of the molecule is CCC(C#N)C(=O)Nc1ccc(Br)c(Cl)c1. The maximum Gasteiger partial charge on any atom is 0.241 e. The van der Waals surface area contributed by atoms with Crippen molar-refractivity contribution in [3.63, 3.8) is 0 Å². The molecule has 0 aromatic heterocycles. The fourth-order valence-electron chi connectivity index (χ4n) is 1.14.